The van der Waals surface area contributed by atoms with Gasteiger partial charge in [0.25, 0.3) is 5.91 Å². The molecule has 0 aromatic heterocycles. The number of likely N-dealkylation sites (N-methyl/N-ethyl adjacent to an activating group) is 1. The molecule has 1 aliphatic rings. The minimum absolute atomic E-state index is 0.0187. The van der Waals surface area contributed by atoms with Gasteiger partial charge in [0.2, 0.25) is 0 Å². The van der Waals surface area contributed by atoms with Crippen molar-refractivity contribution in [3.63, 3.8) is 0 Å². The van der Waals surface area contributed by atoms with Crippen LogP contribution >= 0.6 is 0 Å². The van der Waals surface area contributed by atoms with Gasteiger partial charge in [-0.25, -0.2) is 0 Å². The van der Waals surface area contributed by atoms with Gasteiger partial charge in [-0.05, 0) is 75.5 Å². The van der Waals surface area contributed by atoms with Crippen LogP contribution in [0, 0.1) is 13.8 Å². The lowest BCUT2D eigenvalue weighted by molar-refractivity contribution is -0.113. The van der Waals surface area contributed by atoms with Crippen molar-refractivity contribution in [3.8, 4) is 5.75 Å². The van der Waals surface area contributed by atoms with Crippen LogP contribution in [0.5, 0.6) is 5.75 Å². The summed E-state index contributed by atoms with van der Waals surface area (Å²) in [6, 6.07) is 23.3. The summed E-state index contributed by atoms with van der Waals surface area (Å²) < 4.78 is 5.77. The van der Waals surface area contributed by atoms with Crippen LogP contribution in [0.3, 0.4) is 0 Å². The van der Waals surface area contributed by atoms with Crippen molar-refractivity contribution < 1.29 is 14.3 Å². The fourth-order valence-corrected chi connectivity index (χ4v) is 4.13. The summed E-state index contributed by atoms with van der Waals surface area (Å²) in [5, 5.41) is 0. The van der Waals surface area contributed by atoms with E-state index in [-0.39, 0.29) is 24.8 Å². The third-order valence-corrected chi connectivity index (χ3v) is 6.34. The Hall–Kier alpha value is -3.96. The summed E-state index contributed by atoms with van der Waals surface area (Å²) in [5.74, 6) is 0.596. The molecule has 3 aromatic rings. The van der Waals surface area contributed by atoms with Gasteiger partial charge in [0.15, 0.2) is 5.78 Å². The number of hydrogen-bond acceptors (Lipinski definition) is 4. The van der Waals surface area contributed by atoms with Crippen molar-refractivity contribution in [2.75, 3.05) is 40.3 Å². The fourth-order valence-electron chi connectivity index (χ4n) is 4.13. The fraction of sp³-hybridized carbons (Fsp3) is 0.250. The highest BCUT2D eigenvalue weighted by Crippen LogP contribution is 2.24. The maximum absolute atomic E-state index is 13.5. The lowest BCUT2D eigenvalue weighted by Gasteiger charge is -2.30. The smallest absolute Gasteiger partial charge is 0.254 e. The van der Waals surface area contributed by atoms with Gasteiger partial charge < -0.3 is 14.5 Å². The van der Waals surface area contributed by atoms with E-state index in [0.29, 0.717) is 23.3 Å². The Morgan fingerprint density at radius 2 is 1.30 bits per heavy atom. The Morgan fingerprint density at radius 3 is 1.76 bits per heavy atom. The van der Waals surface area contributed by atoms with E-state index in [0.717, 1.165) is 34.5 Å². The summed E-state index contributed by atoms with van der Waals surface area (Å²) in [4.78, 5) is 30.8. The number of likely N-dealkylation sites (tertiary alicyclic amines) is 1. The molecule has 0 saturated carbocycles. The van der Waals surface area contributed by atoms with E-state index in [9.17, 15) is 9.59 Å². The van der Waals surface area contributed by atoms with Crippen LogP contribution in [0.4, 0.5) is 0 Å². The Morgan fingerprint density at radius 1 is 0.811 bits per heavy atom. The molecular formula is C32H34N2O3. The number of carbonyl (C=O) groups excluding carboxylic acids is 2. The Bertz CT molecular complexity index is 1230. The van der Waals surface area contributed by atoms with E-state index < -0.39 is 0 Å². The molecule has 3 aromatic carbocycles. The second-order valence-electron chi connectivity index (χ2n) is 9.83. The Labute approximate surface area is 219 Å². The van der Waals surface area contributed by atoms with E-state index in [1.807, 2.05) is 101 Å². The second kappa shape index (κ2) is 11.8. The monoisotopic (exact) mass is 494 g/mol. The topological polar surface area (TPSA) is 49.9 Å². The second-order valence-corrected chi connectivity index (χ2v) is 9.83. The number of piperidine rings is 1. The molecule has 5 nitrogen and oxygen atoms in total. The Balaban J connectivity index is 1.60. The minimum Gasteiger partial charge on any atom is -0.492 e. The first-order chi connectivity index (χ1) is 17.8. The normalized spacial score (nSPS) is 16.0. The number of ketones is 1. The standard InChI is InChI=1S/C32H34N2O3/c1-23-5-9-25(10-6-23)19-28-21-34(22-29(31(28)35)20-26-11-7-24(2)8-12-26)32(36)27-13-15-30(16-14-27)37-18-17-33(3)4/h5-16,19-20H,17-18,21-22H2,1-4H3. The summed E-state index contributed by atoms with van der Waals surface area (Å²) in [5.41, 5.74) is 5.97. The average molecular weight is 495 g/mol. The lowest BCUT2D eigenvalue weighted by Crippen LogP contribution is -2.41. The number of Topliss-reactive ketones (excluding diaryl/α,β-unsaturated/α-hetero) is 1. The highest BCUT2D eigenvalue weighted by molar-refractivity contribution is 6.15. The van der Waals surface area contributed by atoms with Crippen molar-refractivity contribution >= 4 is 23.8 Å². The molecule has 0 N–H and O–H groups in total. The van der Waals surface area contributed by atoms with Gasteiger partial charge in [-0.15, -0.1) is 0 Å². The first-order valence-corrected chi connectivity index (χ1v) is 12.5. The largest absolute Gasteiger partial charge is 0.492 e. The van der Waals surface area contributed by atoms with Crippen molar-refractivity contribution in [1.29, 1.82) is 0 Å². The van der Waals surface area contributed by atoms with Crippen LogP contribution < -0.4 is 4.74 Å². The summed E-state index contributed by atoms with van der Waals surface area (Å²) in [6.45, 7) is 5.98. The van der Waals surface area contributed by atoms with E-state index in [1.165, 1.54) is 0 Å². The predicted molar refractivity (Wildman–Crippen MR) is 150 cm³/mol. The van der Waals surface area contributed by atoms with Gasteiger partial charge >= 0.3 is 0 Å². The van der Waals surface area contributed by atoms with Crippen molar-refractivity contribution in [2.45, 2.75) is 13.8 Å². The number of benzene rings is 3. The van der Waals surface area contributed by atoms with E-state index >= 15 is 0 Å². The average Bonchev–Trinajstić information content (AvgIpc) is 2.88. The first-order valence-electron chi connectivity index (χ1n) is 12.5. The van der Waals surface area contributed by atoms with Crippen LogP contribution in [0.25, 0.3) is 12.2 Å². The number of amides is 1. The summed E-state index contributed by atoms with van der Waals surface area (Å²) in [7, 11) is 4.00. The van der Waals surface area contributed by atoms with Gasteiger partial charge in [0.1, 0.15) is 12.4 Å². The van der Waals surface area contributed by atoms with Gasteiger partial charge in [-0.1, -0.05) is 59.7 Å². The first kappa shape index (κ1) is 26.1. The maximum atomic E-state index is 13.5. The molecule has 1 saturated heterocycles. The molecule has 4 rings (SSSR count). The molecule has 0 radical (unpaired) electrons. The summed E-state index contributed by atoms with van der Waals surface area (Å²) in [6.07, 6.45) is 3.79. The van der Waals surface area contributed by atoms with Gasteiger partial charge in [0.05, 0.1) is 13.1 Å². The molecule has 37 heavy (non-hydrogen) atoms. The molecule has 1 heterocycles. The minimum atomic E-state index is -0.114. The highest BCUT2D eigenvalue weighted by Gasteiger charge is 2.29. The molecule has 0 aliphatic carbocycles. The van der Waals surface area contributed by atoms with Gasteiger partial charge in [0, 0.05) is 23.3 Å². The molecule has 1 aliphatic heterocycles. The van der Waals surface area contributed by atoms with E-state index in [4.69, 9.17) is 4.74 Å². The molecule has 1 fully saturated rings. The van der Waals surface area contributed by atoms with Gasteiger partial charge in [-0.3, -0.25) is 9.59 Å². The zero-order valence-corrected chi connectivity index (χ0v) is 22.0. The van der Waals surface area contributed by atoms with Crippen molar-refractivity contribution in [2.24, 2.45) is 0 Å². The van der Waals surface area contributed by atoms with Crippen LogP contribution in [0.15, 0.2) is 83.9 Å². The molecule has 0 unspecified atom stereocenters. The molecule has 0 bridgehead atoms. The van der Waals surface area contributed by atoms with Crippen molar-refractivity contribution in [3.05, 3.63) is 112 Å². The number of nitrogens with zero attached hydrogens (tertiary/aromatic N) is 2. The molecule has 1 amide bonds. The Kier molecular flexibility index (Phi) is 8.36. The quantitative estimate of drug-likeness (QED) is 0.411. The van der Waals surface area contributed by atoms with Crippen LogP contribution in [0.1, 0.15) is 32.6 Å². The van der Waals surface area contributed by atoms with Crippen LogP contribution in [0.2, 0.25) is 0 Å². The van der Waals surface area contributed by atoms with Crippen molar-refractivity contribution in [1.82, 2.24) is 9.80 Å². The predicted octanol–water partition coefficient (Wildman–Crippen LogP) is 5.44. The lowest BCUT2D eigenvalue weighted by atomic mass is 9.93. The number of aryl methyl sites for hydroxylation is 2. The number of carbonyl (C=O) groups is 2. The van der Waals surface area contributed by atoms with Crippen LogP contribution in [-0.2, 0) is 4.79 Å². The number of rotatable bonds is 7. The third-order valence-electron chi connectivity index (χ3n) is 6.34. The molecule has 0 spiro atoms. The maximum Gasteiger partial charge on any atom is 0.254 e. The zero-order valence-electron chi connectivity index (χ0n) is 22.0. The number of hydrogen-bond donors (Lipinski definition) is 0. The zero-order chi connectivity index (χ0) is 26.4. The van der Waals surface area contributed by atoms with E-state index in [1.54, 1.807) is 17.0 Å². The molecule has 190 valence electrons. The molecular weight excluding hydrogens is 460 g/mol. The van der Waals surface area contributed by atoms with Crippen LogP contribution in [-0.4, -0.2) is 61.8 Å². The summed E-state index contributed by atoms with van der Waals surface area (Å²) >= 11 is 0. The van der Waals surface area contributed by atoms with Gasteiger partial charge in [-0.2, -0.15) is 0 Å². The SMILES string of the molecule is Cc1ccc(C=C2CN(C(=O)c3ccc(OCCN(C)C)cc3)CC(=Cc3ccc(C)cc3)C2=O)cc1. The van der Waals surface area contributed by atoms with E-state index in [2.05, 4.69) is 4.90 Å². The highest BCUT2D eigenvalue weighted by atomic mass is 16.5. The number of ether oxygens (including phenoxy) is 1. The molecule has 0 atom stereocenters. The third kappa shape index (κ3) is 7.05. The molecule has 5 heteroatoms.